The number of cyclic esters (lactones) is 7. The molecule has 7 aliphatic rings. The van der Waals surface area contributed by atoms with Crippen LogP contribution in [-0.2, 0) is 66.7 Å². The first kappa shape index (κ1) is 135. The van der Waals surface area contributed by atoms with Crippen LogP contribution in [0.5, 0.6) is 0 Å². The second kappa shape index (κ2) is 109. The lowest BCUT2D eigenvalue weighted by atomic mass is 10.1. The fourth-order valence-corrected chi connectivity index (χ4v) is 16.5. The molecule has 0 aromatic heterocycles. The normalized spacial score (nSPS) is 27.8. The molecule has 0 N–H and O–H groups in total. The summed E-state index contributed by atoms with van der Waals surface area (Å²) in [6.07, 6.45) is 161. The lowest BCUT2D eigenvalue weighted by Crippen LogP contribution is -2.17. The molecule has 0 saturated carbocycles. The number of rotatable bonds is 8. The maximum Gasteiger partial charge on any atom is 0.306 e. The van der Waals surface area contributed by atoms with Gasteiger partial charge in [-0.15, -0.1) is 0 Å². The van der Waals surface area contributed by atoms with Crippen molar-refractivity contribution in [2.24, 2.45) is 0 Å². The Balaban J connectivity index is 0.000000852. The van der Waals surface area contributed by atoms with Gasteiger partial charge in [0.2, 0.25) is 0 Å². The highest BCUT2D eigenvalue weighted by atomic mass is 16.6. The van der Waals surface area contributed by atoms with Gasteiger partial charge in [0.1, 0.15) is 30.5 Å². The second-order valence-electron chi connectivity index (χ2n) is 39.1. The topological polar surface area (TPSA) is 184 Å². The Hall–Kier alpha value is -9.17. The molecular weight excluding hydrogens is 1810 g/mol. The van der Waals surface area contributed by atoms with Crippen LogP contribution in [0, 0.1) is 0 Å². The highest BCUT2D eigenvalue weighted by Crippen LogP contribution is 2.22. The molecule has 0 radical (unpaired) electrons. The average Bonchev–Trinajstić information content (AvgIpc) is 1.02. The largest absolute Gasteiger partial charge is 0.463 e. The number of carbonyl (C=O) groups is 7. The Kier molecular flexibility index (Phi) is 100. The summed E-state index contributed by atoms with van der Waals surface area (Å²) in [7, 11) is 0. The fourth-order valence-electron chi connectivity index (χ4n) is 16.5. The Morgan fingerprint density at radius 3 is 0.740 bits per heavy atom. The van der Waals surface area contributed by atoms with E-state index < -0.39 is 0 Å². The van der Waals surface area contributed by atoms with Gasteiger partial charge < -0.3 is 33.2 Å². The maximum absolute atomic E-state index is 11.9. The molecule has 0 fully saturated rings. The molecule has 146 heavy (non-hydrogen) atoms. The highest BCUT2D eigenvalue weighted by Gasteiger charge is 2.18. The summed E-state index contributed by atoms with van der Waals surface area (Å²) in [5.41, 5.74) is 0. The van der Waals surface area contributed by atoms with Crippen LogP contribution in [0.15, 0.2) is 255 Å². The summed E-state index contributed by atoms with van der Waals surface area (Å²) in [6, 6.07) is 0. The van der Waals surface area contributed by atoms with Gasteiger partial charge in [-0.1, -0.05) is 361 Å². The molecule has 7 heterocycles. The van der Waals surface area contributed by atoms with Crippen molar-refractivity contribution in [2.45, 2.75) is 534 Å². The standard InChI is InChI=1S/3C20H32O2.4C18H28O2/c1-19-17-15-13-11-9-7-5-3-2-4-6-8-10-12-14-16-18-20(21)22-19;1-2-19-17-15-13-11-9-7-5-3-4-6-8-10-12-14-16-18-20(21)22-19;1-2-16-19-17-14-12-10-8-6-4-3-5-7-9-11-13-15-18-20(21)22-19;1-17-15-13-11-9-7-5-3-2-4-6-8-10-12-14-16-18(19)20-17;1-2-17-15-13-11-9-7-5-3-4-6-8-10-12-14-16-18(19)20-17;2*1-2-14-17-15-12-10-8-6-4-3-5-7-9-11-13-16-18(19)20-17/h3-6,9,11,19H,2,7-8,10,12-18H2,1H3;4-7,11,13,19H,2-3,8-10,12,14-18H2,1H3;3,5-6,8,12,14,19H,2,4,7,9-11,13,15-18H2,1H3;2-3,7-10,17H,4-6,11-16H2,1H3;3,5,8-11,17H,2,4,6-7,12-16H2,1H3;4,6,8,10,12,15,17H,2-3,5,7,9,11,13-14,16H2,1H3;4,6-7,9-10,12,17H,2-3,5,8,11,13-16H2,1H3/b5-3-,6-4-,11-9-;6-4-,7-5-,13-11-;5-3-,8-6-,14-12-;3-2-,9-7-,10-8-;5-3-,10-8-,11-9-;6-4+,10-8+,15-12+;6-4-,9-7-,12-10-. The molecular formula is C132H208O14. The Bertz CT molecular complexity index is 3820. The third kappa shape index (κ3) is 99.4. The second-order valence-corrected chi connectivity index (χ2v) is 39.1. The molecule has 0 aliphatic carbocycles. The van der Waals surface area contributed by atoms with Crippen molar-refractivity contribution in [2.75, 3.05) is 0 Å². The molecule has 7 rings (SSSR count). The summed E-state index contributed by atoms with van der Waals surface area (Å²) >= 11 is 0. The van der Waals surface area contributed by atoms with E-state index in [4.69, 9.17) is 33.2 Å². The molecule has 0 saturated heterocycles. The molecule has 0 aromatic rings. The lowest BCUT2D eigenvalue weighted by molar-refractivity contribution is -0.150. The van der Waals surface area contributed by atoms with Gasteiger partial charge in [0, 0.05) is 57.8 Å². The number of esters is 7. The zero-order chi connectivity index (χ0) is 106. The van der Waals surface area contributed by atoms with E-state index in [9.17, 15) is 33.6 Å². The van der Waals surface area contributed by atoms with Crippen LogP contribution in [0.4, 0.5) is 0 Å². The number of hydrogen-bond acceptors (Lipinski definition) is 14. The first-order chi connectivity index (χ1) is 71.7. The Morgan fingerprint density at radius 2 is 0.418 bits per heavy atom. The monoisotopic (exact) mass is 2020 g/mol. The minimum atomic E-state index is -0.0750. The van der Waals surface area contributed by atoms with E-state index >= 15 is 0 Å². The molecule has 0 bridgehead atoms. The summed E-state index contributed by atoms with van der Waals surface area (Å²) in [4.78, 5) is 82.3. The summed E-state index contributed by atoms with van der Waals surface area (Å²) in [5, 5.41) is 0. The van der Waals surface area contributed by atoms with Gasteiger partial charge in [-0.2, -0.15) is 0 Å². The molecule has 14 nitrogen and oxygen atoms in total. The number of ether oxygens (including phenoxy) is 7. The fraction of sp³-hybridized carbons (Fsp3) is 0.629. The third-order valence-electron chi connectivity index (χ3n) is 25.2. The van der Waals surface area contributed by atoms with Crippen molar-refractivity contribution in [3.8, 4) is 0 Å². The van der Waals surface area contributed by atoms with Gasteiger partial charge in [0.05, 0.1) is 12.2 Å². The van der Waals surface area contributed by atoms with Gasteiger partial charge in [0.15, 0.2) is 0 Å². The van der Waals surface area contributed by atoms with E-state index in [0.717, 1.165) is 340 Å². The molecule has 7 unspecified atom stereocenters. The minimum absolute atomic E-state index is 0.0171. The number of hydrogen-bond donors (Lipinski definition) is 0. The Labute approximate surface area is 892 Å². The van der Waals surface area contributed by atoms with E-state index in [2.05, 4.69) is 266 Å². The highest BCUT2D eigenvalue weighted by molar-refractivity contribution is 5.72. The van der Waals surface area contributed by atoms with Crippen molar-refractivity contribution in [1.82, 2.24) is 0 Å². The van der Waals surface area contributed by atoms with Crippen LogP contribution in [-0.4, -0.2) is 84.5 Å². The third-order valence-corrected chi connectivity index (χ3v) is 25.2. The van der Waals surface area contributed by atoms with Gasteiger partial charge in [-0.3, -0.25) is 33.6 Å². The minimum Gasteiger partial charge on any atom is -0.463 e. The van der Waals surface area contributed by atoms with Crippen LogP contribution in [0.1, 0.15) is 492 Å². The van der Waals surface area contributed by atoms with E-state index in [-0.39, 0.29) is 84.5 Å². The number of carbonyl (C=O) groups excluding carboxylic acids is 7. The number of allylic oxidation sites excluding steroid dienone is 39. The van der Waals surface area contributed by atoms with Crippen LogP contribution in [0.3, 0.4) is 0 Å². The zero-order valence-electron chi connectivity index (χ0n) is 93.3. The van der Waals surface area contributed by atoms with Crippen LogP contribution in [0.25, 0.3) is 0 Å². The first-order valence-corrected chi connectivity index (χ1v) is 58.8. The van der Waals surface area contributed by atoms with Crippen molar-refractivity contribution < 1.29 is 66.7 Å². The van der Waals surface area contributed by atoms with Crippen LogP contribution >= 0.6 is 0 Å². The van der Waals surface area contributed by atoms with Crippen LogP contribution in [0.2, 0.25) is 0 Å². The van der Waals surface area contributed by atoms with Crippen molar-refractivity contribution in [1.29, 1.82) is 0 Å². The SMILES string of the molecule is CC1CCC/C=C\C/C=C\C/C=C\CCCCCCC(=O)O1.CC1CCC/C=C\C/C=C\CC/C=C\CCCC(=O)O1.CCC1CC/C=C\C/C=C\C/C=C\CCCCCCC(=O)O1.CCC1CC/C=C\C/C=C\CC/C=C\CCCC(=O)O1.CCCC1/C=C/C=C/C=C/CCCCCCCC(=O)O1.CCCC1C/C=C\C/C=C\C/C=C\CCCCCCC(=O)O1.CCCC1C/C=C\C/C=C\CC/C=C\CCCC(=O)O1. The molecule has 820 valence electrons. The van der Waals surface area contributed by atoms with E-state index in [1.54, 1.807) is 0 Å². The zero-order valence-corrected chi connectivity index (χ0v) is 93.3. The van der Waals surface area contributed by atoms with E-state index in [1.807, 2.05) is 38.2 Å². The van der Waals surface area contributed by atoms with Gasteiger partial charge in [-0.05, 0) is 328 Å². The molecule has 0 amide bonds. The maximum atomic E-state index is 11.9. The van der Waals surface area contributed by atoms with E-state index in [0.29, 0.717) is 44.9 Å². The molecule has 0 spiro atoms. The van der Waals surface area contributed by atoms with E-state index in [1.165, 1.54) is 57.8 Å². The van der Waals surface area contributed by atoms with Gasteiger partial charge in [-0.25, -0.2) is 0 Å². The molecule has 14 heteroatoms. The van der Waals surface area contributed by atoms with Gasteiger partial charge >= 0.3 is 41.8 Å². The van der Waals surface area contributed by atoms with Gasteiger partial charge in [0.25, 0.3) is 0 Å². The van der Waals surface area contributed by atoms with Crippen molar-refractivity contribution in [3.05, 3.63) is 255 Å². The first-order valence-electron chi connectivity index (χ1n) is 58.8. The predicted octanol–water partition coefficient (Wildman–Crippen LogP) is 38.1. The average molecular weight is 2020 g/mol. The van der Waals surface area contributed by atoms with Crippen LogP contribution < -0.4 is 0 Å². The lowest BCUT2D eigenvalue weighted by Gasteiger charge is -2.15. The summed E-state index contributed by atoms with van der Waals surface area (Å²) in [6.45, 7) is 14.5. The molecule has 7 atom stereocenters. The summed E-state index contributed by atoms with van der Waals surface area (Å²) in [5.74, 6) is -0.251. The van der Waals surface area contributed by atoms with Crippen molar-refractivity contribution >= 4 is 41.8 Å². The predicted molar refractivity (Wildman–Crippen MR) is 619 cm³/mol. The van der Waals surface area contributed by atoms with Crippen molar-refractivity contribution in [3.63, 3.8) is 0 Å². The Morgan fingerprint density at radius 1 is 0.192 bits per heavy atom. The smallest absolute Gasteiger partial charge is 0.306 e. The summed E-state index contributed by atoms with van der Waals surface area (Å²) < 4.78 is 38.6. The molecule has 0 aromatic carbocycles. The molecule has 7 aliphatic heterocycles. The quantitative estimate of drug-likeness (QED) is 0.127.